The molecular formula is C33H38BN5O3. The summed E-state index contributed by atoms with van der Waals surface area (Å²) in [4.78, 5) is 32.2. The summed E-state index contributed by atoms with van der Waals surface area (Å²) in [5.41, 5.74) is 5.50. The van der Waals surface area contributed by atoms with E-state index in [4.69, 9.17) is 7.85 Å². The molecule has 1 aliphatic heterocycles. The Labute approximate surface area is 249 Å². The van der Waals surface area contributed by atoms with Gasteiger partial charge in [0.15, 0.2) is 0 Å². The van der Waals surface area contributed by atoms with Gasteiger partial charge in [-0.05, 0) is 90.2 Å². The molecule has 0 bridgehead atoms. The predicted octanol–water partition coefficient (Wildman–Crippen LogP) is 5.35. The third kappa shape index (κ3) is 6.10. The smallest absolute Gasteiger partial charge is 0.256 e. The summed E-state index contributed by atoms with van der Waals surface area (Å²) in [7, 11) is 6.22. The van der Waals surface area contributed by atoms with Crippen LogP contribution in [0.15, 0.2) is 67.2 Å². The summed E-state index contributed by atoms with van der Waals surface area (Å²) in [5, 5.41) is 17.6. The van der Waals surface area contributed by atoms with Crippen molar-refractivity contribution in [3.05, 3.63) is 89.4 Å². The van der Waals surface area contributed by atoms with Crippen LogP contribution >= 0.6 is 0 Å². The molecule has 1 fully saturated rings. The number of aromatic hydroxyl groups is 1. The highest BCUT2D eigenvalue weighted by Crippen LogP contribution is 2.30. The van der Waals surface area contributed by atoms with Crippen molar-refractivity contribution < 1.29 is 14.7 Å². The van der Waals surface area contributed by atoms with E-state index in [0.717, 1.165) is 23.1 Å². The maximum absolute atomic E-state index is 13.4. The molecule has 1 unspecified atom stereocenters. The van der Waals surface area contributed by atoms with Crippen LogP contribution in [0, 0.1) is 12.8 Å². The Balaban J connectivity index is 1.53. The van der Waals surface area contributed by atoms with Crippen LogP contribution in [-0.2, 0) is 9.59 Å². The first-order chi connectivity index (χ1) is 19.8. The number of hydrogen-bond acceptors (Lipinski definition) is 5. The maximum atomic E-state index is 13.4. The Hall–Kier alpha value is -4.40. The van der Waals surface area contributed by atoms with Gasteiger partial charge in [-0.15, -0.1) is 0 Å². The lowest BCUT2D eigenvalue weighted by atomic mass is 9.80. The molecule has 0 aliphatic carbocycles. The normalized spacial score (nSPS) is 16.2. The highest BCUT2D eigenvalue weighted by atomic mass is 16.3. The first kappa shape index (κ1) is 30.6. The second-order valence-corrected chi connectivity index (χ2v) is 11.4. The summed E-state index contributed by atoms with van der Waals surface area (Å²) >= 11 is 0. The van der Waals surface area contributed by atoms with E-state index in [1.165, 1.54) is 0 Å². The fourth-order valence-electron chi connectivity index (χ4n) is 5.19. The molecule has 2 radical (unpaired) electrons. The second-order valence-electron chi connectivity index (χ2n) is 11.4. The zero-order valence-corrected chi connectivity index (χ0v) is 25.2. The van der Waals surface area contributed by atoms with Gasteiger partial charge in [0.05, 0.1) is 17.9 Å². The maximum Gasteiger partial charge on any atom is 0.256 e. The topological polar surface area (TPSA) is 100 Å². The van der Waals surface area contributed by atoms with Crippen molar-refractivity contribution in [3.8, 4) is 5.75 Å². The lowest BCUT2D eigenvalue weighted by Crippen LogP contribution is -2.28. The van der Waals surface area contributed by atoms with Crippen molar-refractivity contribution in [3.63, 3.8) is 0 Å². The van der Waals surface area contributed by atoms with E-state index in [-0.39, 0.29) is 40.9 Å². The van der Waals surface area contributed by atoms with Crippen LogP contribution in [0.1, 0.15) is 75.3 Å². The van der Waals surface area contributed by atoms with Crippen LogP contribution in [0.4, 0.5) is 11.5 Å². The van der Waals surface area contributed by atoms with Crippen molar-refractivity contribution >= 4 is 42.2 Å². The molecule has 2 N–H and O–H groups in total. The molecule has 8 nitrogen and oxygen atoms in total. The lowest BCUT2D eigenvalue weighted by molar-refractivity contribution is -0.120. The zero-order valence-electron chi connectivity index (χ0n) is 25.2. The third-order valence-electron chi connectivity index (χ3n) is 7.76. The number of aromatic nitrogens is 3. The van der Waals surface area contributed by atoms with Gasteiger partial charge in [-0.2, -0.15) is 5.10 Å². The molecule has 42 heavy (non-hydrogen) atoms. The monoisotopic (exact) mass is 563 g/mol. The molecule has 216 valence electrons. The molecule has 2 aromatic heterocycles. The van der Waals surface area contributed by atoms with Gasteiger partial charge in [-0.1, -0.05) is 40.0 Å². The number of rotatable bonds is 9. The van der Waals surface area contributed by atoms with Crippen LogP contribution in [0.5, 0.6) is 5.75 Å². The number of nitrogens with zero attached hydrogens (tertiary/aromatic N) is 4. The number of hydrogen-bond donors (Lipinski definition) is 2. The quantitative estimate of drug-likeness (QED) is 0.208. The van der Waals surface area contributed by atoms with E-state index < -0.39 is 0 Å². The first-order valence-corrected chi connectivity index (χ1v) is 14.1. The van der Waals surface area contributed by atoms with E-state index in [1.54, 1.807) is 47.2 Å². The molecule has 9 heteroatoms. The number of aryl methyl sites for hydroxylation is 1. The molecule has 2 amide bonds. The van der Waals surface area contributed by atoms with E-state index in [2.05, 4.69) is 28.6 Å². The van der Waals surface area contributed by atoms with Crippen molar-refractivity contribution in [1.29, 1.82) is 0 Å². The number of carbonyl (C=O) groups is 2. The fraction of sp³-hybridized carbons (Fsp3) is 0.333. The molecule has 0 saturated carbocycles. The molecule has 0 spiro atoms. The number of nitrogens with one attached hydrogen (secondary N) is 1. The Kier molecular flexibility index (Phi) is 8.90. The van der Waals surface area contributed by atoms with Gasteiger partial charge >= 0.3 is 0 Å². The average molecular weight is 564 g/mol. The van der Waals surface area contributed by atoms with Gasteiger partial charge in [-0.3, -0.25) is 19.2 Å². The van der Waals surface area contributed by atoms with E-state index in [0.29, 0.717) is 40.3 Å². The van der Waals surface area contributed by atoms with Crippen LogP contribution in [0.25, 0.3) is 5.57 Å². The fourth-order valence-corrected chi connectivity index (χ4v) is 5.19. The largest absolute Gasteiger partial charge is 0.509 e. The van der Waals surface area contributed by atoms with E-state index >= 15 is 0 Å². The lowest BCUT2D eigenvalue weighted by Gasteiger charge is -2.20. The number of allylic oxidation sites excluding steroid dienone is 2. The van der Waals surface area contributed by atoms with Gasteiger partial charge in [0.2, 0.25) is 5.91 Å². The number of carbonyl (C=O) groups excluding carboxylic acids is 2. The van der Waals surface area contributed by atoms with Crippen molar-refractivity contribution in [2.75, 3.05) is 16.8 Å². The summed E-state index contributed by atoms with van der Waals surface area (Å²) in [6, 6.07) is 5.24. The molecule has 2 atom stereocenters. The molecule has 1 aliphatic rings. The van der Waals surface area contributed by atoms with Gasteiger partial charge in [-0.25, -0.2) is 4.98 Å². The van der Waals surface area contributed by atoms with Gasteiger partial charge < -0.3 is 10.4 Å². The predicted molar refractivity (Wildman–Crippen MR) is 169 cm³/mol. The minimum atomic E-state index is -0.368. The van der Waals surface area contributed by atoms with Crippen LogP contribution < -0.4 is 15.7 Å². The van der Waals surface area contributed by atoms with Gasteiger partial charge in [0, 0.05) is 30.4 Å². The summed E-state index contributed by atoms with van der Waals surface area (Å²) in [6.07, 6.45) is 7.59. The molecular weight excluding hydrogens is 525 g/mol. The Bertz CT molecular complexity index is 1600. The summed E-state index contributed by atoms with van der Waals surface area (Å²) in [5.74, 6) is 0.546. The number of amides is 2. The molecule has 1 saturated heterocycles. The van der Waals surface area contributed by atoms with Crippen LogP contribution in [-0.4, -0.2) is 46.1 Å². The second kappa shape index (κ2) is 12.2. The Morgan fingerprint density at radius 2 is 1.95 bits per heavy atom. The van der Waals surface area contributed by atoms with Crippen molar-refractivity contribution in [2.45, 2.75) is 59.9 Å². The highest BCUT2D eigenvalue weighted by molar-refractivity contribution is 6.37. The SMILES string of the molecule is [B]c1c(O)ccc(C(C)C)c1C(=C)/C=C(\C(=C)C)C(=O)Nc1cnn(C(C)c2cnc(N3CC[C@@H](C)C3=O)c(C)c2)c1. The van der Waals surface area contributed by atoms with Crippen molar-refractivity contribution in [2.24, 2.45) is 5.92 Å². The Morgan fingerprint density at radius 1 is 1.24 bits per heavy atom. The summed E-state index contributed by atoms with van der Waals surface area (Å²) in [6.45, 7) is 20.5. The highest BCUT2D eigenvalue weighted by Gasteiger charge is 2.31. The molecule has 4 rings (SSSR count). The number of pyridine rings is 1. The zero-order chi connectivity index (χ0) is 30.9. The number of phenolic OH excluding ortho intramolecular Hbond substituents is 1. The standard InChI is InChI=1S/C33H38BN5O3/c1-18(2)26-9-10-28(40)30(34)29(26)21(6)14-27(19(3)4)32(41)37-25-16-36-39(17-25)23(8)24-13-22(7)31(35-15-24)38-12-11-20(5)33(38)42/h9-10,13-18,20,23,40H,3,6,11-12H2,1-2,4-5,7-8H3,(H,37,41)/b27-14+/t20-,23?/m1/s1. The molecule has 3 heterocycles. The van der Waals surface area contributed by atoms with E-state index in [9.17, 15) is 14.7 Å². The van der Waals surface area contributed by atoms with E-state index in [1.807, 2.05) is 46.8 Å². The van der Waals surface area contributed by atoms with Gasteiger partial charge in [0.1, 0.15) is 19.4 Å². The average Bonchev–Trinajstić information content (AvgIpc) is 3.53. The van der Waals surface area contributed by atoms with Crippen LogP contribution in [0.2, 0.25) is 0 Å². The van der Waals surface area contributed by atoms with Crippen LogP contribution in [0.3, 0.4) is 0 Å². The van der Waals surface area contributed by atoms with Crippen molar-refractivity contribution in [1.82, 2.24) is 14.8 Å². The molecule has 1 aromatic carbocycles. The first-order valence-electron chi connectivity index (χ1n) is 14.1. The minimum Gasteiger partial charge on any atom is -0.509 e. The van der Waals surface area contributed by atoms with Gasteiger partial charge in [0.25, 0.3) is 5.91 Å². The molecule has 3 aromatic rings. The third-order valence-corrected chi connectivity index (χ3v) is 7.76. The Morgan fingerprint density at radius 3 is 2.55 bits per heavy atom. The number of benzene rings is 1. The minimum absolute atomic E-state index is 0.0168. The number of phenols is 1. The summed E-state index contributed by atoms with van der Waals surface area (Å²) < 4.78 is 1.75. The number of anilines is 2.